The molecule has 0 spiro atoms. The van der Waals surface area contributed by atoms with E-state index in [1.807, 2.05) is 18.3 Å². The maximum absolute atomic E-state index is 6.16. The molecule has 1 aromatic heterocycles. The molecule has 3 heteroatoms. The predicted molar refractivity (Wildman–Crippen MR) is 63.0 cm³/mol. The van der Waals surface area contributed by atoms with Gasteiger partial charge >= 0.3 is 0 Å². The summed E-state index contributed by atoms with van der Waals surface area (Å²) in [6, 6.07) is 4.13. The van der Waals surface area contributed by atoms with Crippen LogP contribution in [0.5, 0.6) is 0 Å². The monoisotopic (exact) mass is 224 g/mol. The molecule has 2 rings (SSSR count). The van der Waals surface area contributed by atoms with Gasteiger partial charge in [0.25, 0.3) is 0 Å². The standard InChI is InChI=1S/C12H17ClN2/c1-2-14-11(8-9-5-6-9)12-10(13)4-3-7-15-12/h3-4,7,9,11,14H,2,5-6,8H2,1H3. The van der Waals surface area contributed by atoms with E-state index in [1.54, 1.807) is 0 Å². The van der Waals surface area contributed by atoms with Crippen LogP contribution in [0.25, 0.3) is 0 Å². The second-order valence-corrected chi connectivity index (χ2v) is 4.57. The summed E-state index contributed by atoms with van der Waals surface area (Å²) in [6.45, 7) is 3.08. The Morgan fingerprint density at radius 2 is 2.40 bits per heavy atom. The molecule has 1 unspecified atom stereocenters. The van der Waals surface area contributed by atoms with Gasteiger partial charge in [0.15, 0.2) is 0 Å². The number of nitrogens with one attached hydrogen (secondary N) is 1. The van der Waals surface area contributed by atoms with E-state index >= 15 is 0 Å². The lowest BCUT2D eigenvalue weighted by Crippen LogP contribution is -2.22. The van der Waals surface area contributed by atoms with Crippen molar-refractivity contribution in [2.75, 3.05) is 6.54 Å². The molecule has 1 aliphatic rings. The van der Waals surface area contributed by atoms with Crippen LogP contribution in [0.1, 0.15) is 37.9 Å². The van der Waals surface area contributed by atoms with E-state index in [4.69, 9.17) is 11.6 Å². The topological polar surface area (TPSA) is 24.9 Å². The first-order valence-electron chi connectivity index (χ1n) is 5.65. The molecule has 2 nitrogen and oxygen atoms in total. The number of aromatic nitrogens is 1. The van der Waals surface area contributed by atoms with E-state index < -0.39 is 0 Å². The SMILES string of the molecule is CCNC(CC1CC1)c1ncccc1Cl. The second-order valence-electron chi connectivity index (χ2n) is 4.16. The fourth-order valence-electron chi connectivity index (χ4n) is 1.88. The average Bonchev–Trinajstić information content (AvgIpc) is 3.02. The molecule has 0 bridgehead atoms. The number of hydrogen-bond donors (Lipinski definition) is 1. The van der Waals surface area contributed by atoms with Crippen LogP contribution in [0, 0.1) is 5.92 Å². The quantitative estimate of drug-likeness (QED) is 0.831. The lowest BCUT2D eigenvalue weighted by atomic mass is 10.1. The first-order chi connectivity index (χ1) is 7.31. The third-order valence-corrected chi connectivity index (χ3v) is 3.15. The van der Waals surface area contributed by atoms with Gasteiger partial charge in [0, 0.05) is 6.20 Å². The molecule has 1 aliphatic carbocycles. The number of pyridine rings is 1. The van der Waals surface area contributed by atoms with Crippen LogP contribution in [-0.4, -0.2) is 11.5 Å². The average molecular weight is 225 g/mol. The van der Waals surface area contributed by atoms with Crippen LogP contribution >= 0.6 is 11.6 Å². The van der Waals surface area contributed by atoms with Gasteiger partial charge in [0.2, 0.25) is 0 Å². The molecular formula is C12H17ClN2. The van der Waals surface area contributed by atoms with Crippen molar-refractivity contribution in [1.82, 2.24) is 10.3 Å². The molecule has 0 saturated heterocycles. The van der Waals surface area contributed by atoms with Crippen molar-refractivity contribution >= 4 is 11.6 Å². The van der Waals surface area contributed by atoms with Gasteiger partial charge in [-0.25, -0.2) is 0 Å². The highest BCUT2D eigenvalue weighted by molar-refractivity contribution is 6.31. The molecule has 0 amide bonds. The molecule has 0 radical (unpaired) electrons. The molecule has 15 heavy (non-hydrogen) atoms. The van der Waals surface area contributed by atoms with E-state index in [9.17, 15) is 0 Å². The lowest BCUT2D eigenvalue weighted by Gasteiger charge is -2.17. The number of rotatable bonds is 5. The van der Waals surface area contributed by atoms with Crippen LogP contribution in [-0.2, 0) is 0 Å². The van der Waals surface area contributed by atoms with Crippen molar-refractivity contribution in [3.63, 3.8) is 0 Å². The first kappa shape index (κ1) is 10.9. The summed E-state index contributed by atoms with van der Waals surface area (Å²) in [4.78, 5) is 4.38. The van der Waals surface area contributed by atoms with E-state index in [2.05, 4.69) is 17.2 Å². The zero-order valence-corrected chi connectivity index (χ0v) is 9.80. The van der Waals surface area contributed by atoms with Crippen LogP contribution in [0.2, 0.25) is 5.02 Å². The smallest absolute Gasteiger partial charge is 0.0759 e. The Labute approximate surface area is 96.1 Å². The van der Waals surface area contributed by atoms with Gasteiger partial charge in [0.05, 0.1) is 16.8 Å². The minimum Gasteiger partial charge on any atom is -0.309 e. The molecule has 1 aromatic rings. The summed E-state index contributed by atoms with van der Waals surface area (Å²) >= 11 is 6.16. The maximum Gasteiger partial charge on any atom is 0.0759 e. The molecule has 82 valence electrons. The van der Waals surface area contributed by atoms with E-state index in [1.165, 1.54) is 19.3 Å². The van der Waals surface area contributed by atoms with Gasteiger partial charge in [0.1, 0.15) is 0 Å². The zero-order chi connectivity index (χ0) is 10.7. The highest BCUT2D eigenvalue weighted by atomic mass is 35.5. The van der Waals surface area contributed by atoms with Crippen LogP contribution in [0.3, 0.4) is 0 Å². The van der Waals surface area contributed by atoms with E-state index in [0.717, 1.165) is 23.2 Å². The molecule has 1 fully saturated rings. The summed E-state index contributed by atoms with van der Waals surface area (Å²) in [5.74, 6) is 0.882. The Hall–Kier alpha value is -0.600. The van der Waals surface area contributed by atoms with Gasteiger partial charge in [-0.1, -0.05) is 31.4 Å². The molecule has 1 N–H and O–H groups in total. The number of halogens is 1. The Bertz CT molecular complexity index is 323. The van der Waals surface area contributed by atoms with E-state index in [0.29, 0.717) is 6.04 Å². The zero-order valence-electron chi connectivity index (χ0n) is 9.04. The second kappa shape index (κ2) is 4.95. The Morgan fingerprint density at radius 1 is 1.60 bits per heavy atom. The Balaban J connectivity index is 2.11. The van der Waals surface area contributed by atoms with Crippen molar-refractivity contribution in [3.8, 4) is 0 Å². The maximum atomic E-state index is 6.16. The number of hydrogen-bond acceptors (Lipinski definition) is 2. The van der Waals surface area contributed by atoms with E-state index in [-0.39, 0.29) is 0 Å². The largest absolute Gasteiger partial charge is 0.309 e. The lowest BCUT2D eigenvalue weighted by molar-refractivity contribution is 0.477. The fourth-order valence-corrected chi connectivity index (χ4v) is 2.13. The van der Waals surface area contributed by atoms with Crippen LogP contribution in [0.15, 0.2) is 18.3 Å². The van der Waals surface area contributed by atoms with Crippen molar-refractivity contribution in [3.05, 3.63) is 29.0 Å². The summed E-state index contributed by atoms with van der Waals surface area (Å²) in [5, 5.41) is 4.25. The van der Waals surface area contributed by atoms with Gasteiger partial charge in [-0.05, 0) is 31.0 Å². The van der Waals surface area contributed by atoms with Gasteiger partial charge < -0.3 is 5.32 Å². The molecule has 1 atom stereocenters. The number of nitrogens with zero attached hydrogens (tertiary/aromatic N) is 1. The molecule has 0 aliphatic heterocycles. The Morgan fingerprint density at radius 3 is 3.00 bits per heavy atom. The van der Waals surface area contributed by atoms with Gasteiger partial charge in [-0.3, -0.25) is 4.98 Å². The van der Waals surface area contributed by atoms with Crippen LogP contribution < -0.4 is 5.32 Å². The van der Waals surface area contributed by atoms with Gasteiger partial charge in [-0.2, -0.15) is 0 Å². The van der Waals surface area contributed by atoms with Gasteiger partial charge in [-0.15, -0.1) is 0 Å². The molecule has 1 saturated carbocycles. The first-order valence-corrected chi connectivity index (χ1v) is 6.03. The molecule has 0 aromatic carbocycles. The molecule has 1 heterocycles. The van der Waals surface area contributed by atoms with Crippen molar-refractivity contribution in [2.24, 2.45) is 5.92 Å². The summed E-state index contributed by atoms with van der Waals surface area (Å²) < 4.78 is 0. The summed E-state index contributed by atoms with van der Waals surface area (Å²) in [5.41, 5.74) is 1.01. The summed E-state index contributed by atoms with van der Waals surface area (Å²) in [6.07, 6.45) is 5.72. The highest BCUT2D eigenvalue weighted by Gasteiger charge is 2.27. The summed E-state index contributed by atoms with van der Waals surface area (Å²) in [7, 11) is 0. The highest BCUT2D eigenvalue weighted by Crippen LogP contribution is 2.38. The predicted octanol–water partition coefficient (Wildman–Crippen LogP) is 3.19. The van der Waals surface area contributed by atoms with Crippen LogP contribution in [0.4, 0.5) is 0 Å². The Kier molecular flexibility index (Phi) is 3.60. The fraction of sp³-hybridized carbons (Fsp3) is 0.583. The van der Waals surface area contributed by atoms with Crippen molar-refractivity contribution < 1.29 is 0 Å². The third kappa shape index (κ3) is 2.93. The normalized spacial score (nSPS) is 17.7. The van der Waals surface area contributed by atoms with Crippen molar-refractivity contribution in [2.45, 2.75) is 32.2 Å². The minimum atomic E-state index is 0.330. The molecular weight excluding hydrogens is 208 g/mol. The minimum absolute atomic E-state index is 0.330. The van der Waals surface area contributed by atoms with Crippen molar-refractivity contribution in [1.29, 1.82) is 0 Å². The third-order valence-electron chi connectivity index (χ3n) is 2.83.